The van der Waals surface area contributed by atoms with Crippen LogP contribution in [0.4, 0.5) is 0 Å². The molecule has 11 heavy (non-hydrogen) atoms. The molecule has 0 aliphatic rings. The van der Waals surface area contributed by atoms with Crippen molar-refractivity contribution in [3.63, 3.8) is 0 Å². The van der Waals surface area contributed by atoms with Crippen LogP contribution in [0.5, 0.6) is 0 Å². The van der Waals surface area contributed by atoms with Crippen LogP contribution in [0.3, 0.4) is 0 Å². The molecular weight excluding hydrogens is 154 g/mol. The fraction of sp³-hybridized carbons (Fsp3) is 0.222. The van der Waals surface area contributed by atoms with Gasteiger partial charge < -0.3 is 0 Å². The molecule has 2 heteroatoms. The summed E-state index contributed by atoms with van der Waals surface area (Å²) in [6.07, 6.45) is 1.58. The van der Waals surface area contributed by atoms with Gasteiger partial charge in [-0.25, -0.2) is 0 Å². The molecule has 0 saturated carbocycles. The van der Waals surface area contributed by atoms with Crippen LogP contribution in [-0.2, 0) is 0 Å². The first-order valence-electron chi connectivity index (χ1n) is 3.36. The maximum atomic E-state index is 8.40. The molecule has 0 aliphatic heterocycles. The molecule has 0 N–H and O–H groups in total. The maximum absolute atomic E-state index is 8.40. The fourth-order valence-electron chi connectivity index (χ4n) is 0.939. The van der Waals surface area contributed by atoms with Crippen LogP contribution in [0.2, 0.25) is 0 Å². The lowest BCUT2D eigenvalue weighted by Crippen LogP contribution is -1.74. The van der Waals surface area contributed by atoms with E-state index in [9.17, 15) is 0 Å². The van der Waals surface area contributed by atoms with Gasteiger partial charge >= 0.3 is 0 Å². The molecule has 1 heterocycles. The molecule has 56 valence electrons. The van der Waals surface area contributed by atoms with Gasteiger partial charge in [-0.3, -0.25) is 0 Å². The van der Waals surface area contributed by atoms with Crippen molar-refractivity contribution >= 4 is 16.9 Å². The van der Waals surface area contributed by atoms with Gasteiger partial charge in [0, 0.05) is 11.0 Å². The van der Waals surface area contributed by atoms with Crippen LogP contribution in [-0.4, -0.2) is 0 Å². The van der Waals surface area contributed by atoms with Crippen molar-refractivity contribution in [2.75, 3.05) is 0 Å². The highest BCUT2D eigenvalue weighted by atomic mass is 32.1. The molecule has 0 saturated heterocycles. The lowest BCUT2D eigenvalue weighted by Gasteiger charge is -1.94. The van der Waals surface area contributed by atoms with Crippen molar-refractivity contribution in [3.8, 4) is 6.07 Å². The summed E-state index contributed by atoms with van der Waals surface area (Å²) >= 11 is 1.68. The monoisotopic (exact) mass is 163 g/mol. The normalized spacial score (nSPS) is 11.2. The largest absolute Gasteiger partial charge is 0.193 e. The first kappa shape index (κ1) is 8.03. The van der Waals surface area contributed by atoms with Crippen LogP contribution in [0.15, 0.2) is 17.5 Å². The highest BCUT2D eigenvalue weighted by molar-refractivity contribution is 7.11. The van der Waals surface area contributed by atoms with Crippen LogP contribution in [0.25, 0.3) is 5.57 Å². The van der Waals surface area contributed by atoms with Crippen molar-refractivity contribution in [1.29, 1.82) is 5.26 Å². The third-order valence-electron chi connectivity index (χ3n) is 1.50. The topological polar surface area (TPSA) is 23.8 Å². The van der Waals surface area contributed by atoms with Gasteiger partial charge in [-0.2, -0.15) is 5.26 Å². The van der Waals surface area contributed by atoms with E-state index in [1.807, 2.05) is 18.4 Å². The number of aryl methyl sites for hydroxylation is 1. The van der Waals surface area contributed by atoms with E-state index >= 15 is 0 Å². The van der Waals surface area contributed by atoms with Crippen molar-refractivity contribution < 1.29 is 0 Å². The first-order chi connectivity index (χ1) is 5.25. The Balaban J connectivity index is 3.04. The fourth-order valence-corrected chi connectivity index (χ4v) is 1.85. The van der Waals surface area contributed by atoms with E-state index in [2.05, 4.69) is 13.0 Å². The number of hydrogen-bond acceptors (Lipinski definition) is 2. The number of allylic oxidation sites excluding steroid dienone is 2. The molecular formula is C9H9NS. The average molecular weight is 163 g/mol. The van der Waals surface area contributed by atoms with E-state index in [0.717, 1.165) is 5.57 Å². The Morgan fingerprint density at radius 3 is 2.91 bits per heavy atom. The summed E-state index contributed by atoms with van der Waals surface area (Å²) < 4.78 is 0. The Hall–Kier alpha value is -1.07. The summed E-state index contributed by atoms with van der Waals surface area (Å²) in [5, 5.41) is 10.4. The molecule has 0 unspecified atom stereocenters. The second kappa shape index (κ2) is 3.36. The summed E-state index contributed by atoms with van der Waals surface area (Å²) in [7, 11) is 0. The highest BCUT2D eigenvalue weighted by Crippen LogP contribution is 2.23. The smallest absolute Gasteiger partial charge is 0.0915 e. The Bertz CT molecular complexity index is 315. The van der Waals surface area contributed by atoms with Gasteiger partial charge in [0.1, 0.15) is 0 Å². The van der Waals surface area contributed by atoms with Gasteiger partial charge in [-0.1, -0.05) is 0 Å². The lowest BCUT2D eigenvalue weighted by atomic mass is 10.2. The average Bonchev–Trinajstić information content (AvgIpc) is 2.36. The van der Waals surface area contributed by atoms with Crippen molar-refractivity contribution in [3.05, 3.63) is 28.0 Å². The zero-order chi connectivity index (χ0) is 8.27. The summed E-state index contributed by atoms with van der Waals surface area (Å²) in [6.45, 7) is 4.02. The van der Waals surface area contributed by atoms with Gasteiger partial charge in [0.2, 0.25) is 0 Å². The first-order valence-corrected chi connectivity index (χ1v) is 4.24. The number of hydrogen-bond donors (Lipinski definition) is 0. The lowest BCUT2D eigenvalue weighted by molar-refractivity contribution is 1.49. The van der Waals surface area contributed by atoms with Crippen LogP contribution >= 0.6 is 11.3 Å². The minimum absolute atomic E-state index is 1.06. The van der Waals surface area contributed by atoms with Gasteiger partial charge in [0.05, 0.1) is 6.07 Å². The quantitative estimate of drug-likeness (QED) is 0.584. The number of nitriles is 1. The minimum atomic E-state index is 1.06. The van der Waals surface area contributed by atoms with Crippen molar-refractivity contribution in [2.24, 2.45) is 0 Å². The summed E-state index contributed by atoms with van der Waals surface area (Å²) in [6, 6.07) is 4.09. The van der Waals surface area contributed by atoms with E-state index < -0.39 is 0 Å². The second-order valence-electron chi connectivity index (χ2n) is 2.39. The highest BCUT2D eigenvalue weighted by Gasteiger charge is 1.99. The SMILES string of the molecule is CC(=CC#N)c1sccc1C. The maximum Gasteiger partial charge on any atom is 0.0915 e. The van der Waals surface area contributed by atoms with Crippen molar-refractivity contribution in [1.82, 2.24) is 0 Å². The molecule has 1 aromatic heterocycles. The van der Waals surface area contributed by atoms with E-state index in [-0.39, 0.29) is 0 Å². The number of thiophene rings is 1. The summed E-state index contributed by atoms with van der Waals surface area (Å²) in [4.78, 5) is 1.21. The van der Waals surface area contributed by atoms with Crippen molar-refractivity contribution in [2.45, 2.75) is 13.8 Å². The van der Waals surface area contributed by atoms with Crippen LogP contribution in [0, 0.1) is 18.3 Å². The molecule has 1 rings (SSSR count). The third kappa shape index (κ3) is 1.69. The molecule has 0 amide bonds. The number of nitrogens with zero attached hydrogens (tertiary/aromatic N) is 1. The Kier molecular flexibility index (Phi) is 2.45. The Labute approximate surface area is 70.6 Å². The standard InChI is InChI=1S/C9H9NS/c1-7(3-5-10)9-8(2)4-6-11-9/h3-4,6H,1-2H3. The molecule has 0 bridgehead atoms. The summed E-state index contributed by atoms with van der Waals surface area (Å²) in [5.74, 6) is 0. The number of rotatable bonds is 1. The zero-order valence-electron chi connectivity index (χ0n) is 6.59. The molecule has 1 aromatic rings. The second-order valence-corrected chi connectivity index (χ2v) is 3.31. The Morgan fingerprint density at radius 2 is 2.45 bits per heavy atom. The predicted octanol–water partition coefficient (Wildman–Crippen LogP) is 2.98. The zero-order valence-corrected chi connectivity index (χ0v) is 7.40. The Morgan fingerprint density at radius 1 is 1.73 bits per heavy atom. The molecule has 0 aromatic carbocycles. The predicted molar refractivity (Wildman–Crippen MR) is 48.3 cm³/mol. The molecule has 0 atom stereocenters. The van der Waals surface area contributed by atoms with Gasteiger partial charge in [0.15, 0.2) is 0 Å². The van der Waals surface area contributed by atoms with Crippen LogP contribution in [0.1, 0.15) is 17.4 Å². The summed E-state index contributed by atoms with van der Waals surface area (Å²) in [5.41, 5.74) is 2.30. The molecule has 0 radical (unpaired) electrons. The van der Waals surface area contributed by atoms with E-state index in [0.29, 0.717) is 0 Å². The van der Waals surface area contributed by atoms with E-state index in [1.165, 1.54) is 10.4 Å². The van der Waals surface area contributed by atoms with Gasteiger partial charge in [-0.15, -0.1) is 11.3 Å². The van der Waals surface area contributed by atoms with Gasteiger partial charge in [0.25, 0.3) is 0 Å². The third-order valence-corrected chi connectivity index (χ3v) is 2.65. The molecule has 0 spiro atoms. The molecule has 0 fully saturated rings. The minimum Gasteiger partial charge on any atom is -0.193 e. The molecule has 1 nitrogen and oxygen atoms in total. The van der Waals surface area contributed by atoms with Gasteiger partial charge in [-0.05, 0) is 36.4 Å². The molecule has 0 aliphatic carbocycles. The van der Waals surface area contributed by atoms with Crippen LogP contribution < -0.4 is 0 Å². The van der Waals surface area contributed by atoms with E-state index in [1.54, 1.807) is 17.4 Å². The van der Waals surface area contributed by atoms with E-state index in [4.69, 9.17) is 5.26 Å².